The molecule has 154 valence electrons. The molecule has 1 amide bonds. The lowest BCUT2D eigenvalue weighted by Gasteiger charge is -2.29. The first-order chi connectivity index (χ1) is 14.3. The molecule has 2 N–H and O–H groups in total. The Hall–Kier alpha value is -3.41. The summed E-state index contributed by atoms with van der Waals surface area (Å²) in [6, 6.07) is 14.1. The van der Waals surface area contributed by atoms with Crippen LogP contribution in [-0.2, 0) is 4.79 Å². The van der Waals surface area contributed by atoms with Crippen LogP contribution in [0, 0.1) is 13.8 Å². The first-order valence-electron chi connectivity index (χ1n) is 10.2. The van der Waals surface area contributed by atoms with Gasteiger partial charge in [-0.15, -0.1) is 0 Å². The molecule has 0 unspecified atom stereocenters. The third kappa shape index (κ3) is 3.61. The Balaban J connectivity index is 1.74. The second kappa shape index (κ2) is 7.78. The summed E-state index contributed by atoms with van der Waals surface area (Å²) in [7, 11) is 0. The maximum atomic E-state index is 13.4. The number of nitrogens with one attached hydrogen (secondary N) is 2. The Morgan fingerprint density at radius 1 is 1.10 bits per heavy atom. The molecule has 6 heteroatoms. The molecular formula is C24H27N5O. The van der Waals surface area contributed by atoms with E-state index in [0.29, 0.717) is 17.4 Å². The monoisotopic (exact) mass is 401 g/mol. The summed E-state index contributed by atoms with van der Waals surface area (Å²) in [5.74, 6) is 0.929. The Bertz CT molecular complexity index is 1120. The molecule has 0 bridgehead atoms. The molecule has 30 heavy (non-hydrogen) atoms. The van der Waals surface area contributed by atoms with E-state index in [-0.39, 0.29) is 11.9 Å². The molecule has 0 spiro atoms. The summed E-state index contributed by atoms with van der Waals surface area (Å²) >= 11 is 0. The zero-order chi connectivity index (χ0) is 21.4. The van der Waals surface area contributed by atoms with E-state index < -0.39 is 0 Å². The van der Waals surface area contributed by atoms with Crippen LogP contribution in [0.2, 0.25) is 0 Å². The highest BCUT2D eigenvalue weighted by atomic mass is 16.1. The zero-order valence-electron chi connectivity index (χ0n) is 18.0. The van der Waals surface area contributed by atoms with E-state index in [1.165, 1.54) is 11.9 Å². The highest BCUT2D eigenvalue weighted by Crippen LogP contribution is 2.35. The van der Waals surface area contributed by atoms with Crippen LogP contribution in [0.15, 0.2) is 60.1 Å². The predicted octanol–water partition coefficient (Wildman–Crippen LogP) is 4.95. The Morgan fingerprint density at radius 3 is 2.50 bits per heavy atom. The lowest BCUT2D eigenvalue weighted by atomic mass is 9.92. The average Bonchev–Trinajstić information content (AvgIpc) is 3.17. The standard InChI is InChI=1S/C24H27N5O/c1-14(2)18-7-9-19(10-8-18)22-21(17(5)27-24-25-13-26-29(22)24)23(30)28-20-11-6-15(3)12-16(20)4/h6-14,22H,1-5H3,(H,28,30)(H,25,26,27)/t22-/m0/s1. The summed E-state index contributed by atoms with van der Waals surface area (Å²) in [6.07, 6.45) is 1.51. The summed E-state index contributed by atoms with van der Waals surface area (Å²) in [4.78, 5) is 17.7. The molecule has 3 aromatic rings. The number of nitrogens with zero attached hydrogens (tertiary/aromatic N) is 3. The Morgan fingerprint density at radius 2 is 1.83 bits per heavy atom. The molecule has 6 nitrogen and oxygen atoms in total. The number of fused-ring (bicyclic) bond motifs is 1. The number of aromatic nitrogens is 3. The van der Waals surface area contributed by atoms with Crippen molar-refractivity contribution in [3.8, 4) is 0 Å². The molecule has 1 aromatic heterocycles. The molecule has 1 aliphatic heterocycles. The second-order valence-electron chi connectivity index (χ2n) is 8.19. The summed E-state index contributed by atoms with van der Waals surface area (Å²) in [5.41, 5.74) is 6.66. The smallest absolute Gasteiger partial charge is 0.255 e. The molecular weight excluding hydrogens is 374 g/mol. The first kappa shape index (κ1) is 19.9. The van der Waals surface area contributed by atoms with Gasteiger partial charge in [0.05, 0.1) is 5.57 Å². The molecule has 0 saturated heterocycles. The van der Waals surface area contributed by atoms with Crippen molar-refractivity contribution in [1.29, 1.82) is 0 Å². The van der Waals surface area contributed by atoms with Crippen molar-refractivity contribution in [3.63, 3.8) is 0 Å². The molecule has 4 rings (SSSR count). The summed E-state index contributed by atoms with van der Waals surface area (Å²) in [6.45, 7) is 10.3. The van der Waals surface area contributed by atoms with Gasteiger partial charge < -0.3 is 10.6 Å². The maximum Gasteiger partial charge on any atom is 0.255 e. The van der Waals surface area contributed by atoms with Gasteiger partial charge in [-0.25, -0.2) is 4.68 Å². The third-order valence-corrected chi connectivity index (χ3v) is 5.59. The van der Waals surface area contributed by atoms with E-state index in [1.54, 1.807) is 4.68 Å². The van der Waals surface area contributed by atoms with Gasteiger partial charge in [0, 0.05) is 11.4 Å². The van der Waals surface area contributed by atoms with E-state index >= 15 is 0 Å². The number of carbonyl (C=O) groups is 1. The van der Waals surface area contributed by atoms with E-state index in [0.717, 1.165) is 28.1 Å². The number of benzene rings is 2. The lowest BCUT2D eigenvalue weighted by molar-refractivity contribution is -0.113. The highest BCUT2D eigenvalue weighted by Gasteiger charge is 2.33. The van der Waals surface area contributed by atoms with Crippen LogP contribution in [0.4, 0.5) is 11.6 Å². The van der Waals surface area contributed by atoms with E-state index in [1.807, 2.05) is 32.9 Å². The van der Waals surface area contributed by atoms with E-state index in [2.05, 4.69) is 64.9 Å². The highest BCUT2D eigenvalue weighted by molar-refractivity contribution is 6.06. The van der Waals surface area contributed by atoms with Crippen LogP contribution in [-0.4, -0.2) is 20.7 Å². The molecule has 1 atom stereocenters. The van der Waals surface area contributed by atoms with Gasteiger partial charge in [0.25, 0.3) is 5.91 Å². The fourth-order valence-electron chi connectivity index (χ4n) is 3.90. The normalized spacial score (nSPS) is 15.7. The topological polar surface area (TPSA) is 71.8 Å². The van der Waals surface area contributed by atoms with Crippen LogP contribution >= 0.6 is 0 Å². The van der Waals surface area contributed by atoms with Crippen LogP contribution in [0.3, 0.4) is 0 Å². The van der Waals surface area contributed by atoms with E-state index in [9.17, 15) is 4.79 Å². The largest absolute Gasteiger partial charge is 0.328 e. The molecule has 0 saturated carbocycles. The van der Waals surface area contributed by atoms with Crippen molar-refractivity contribution in [2.45, 2.75) is 46.6 Å². The lowest BCUT2D eigenvalue weighted by Crippen LogP contribution is -2.31. The van der Waals surface area contributed by atoms with Gasteiger partial charge in [0.2, 0.25) is 5.95 Å². The van der Waals surface area contributed by atoms with Gasteiger partial charge in [-0.1, -0.05) is 55.8 Å². The van der Waals surface area contributed by atoms with Gasteiger partial charge in [-0.3, -0.25) is 4.79 Å². The molecule has 2 aromatic carbocycles. The number of hydrogen-bond acceptors (Lipinski definition) is 4. The van der Waals surface area contributed by atoms with Crippen molar-refractivity contribution < 1.29 is 4.79 Å². The number of aryl methyl sites for hydroxylation is 2. The number of anilines is 2. The van der Waals surface area contributed by atoms with Crippen LogP contribution in [0.5, 0.6) is 0 Å². The summed E-state index contributed by atoms with van der Waals surface area (Å²) in [5, 5.41) is 10.7. The number of rotatable bonds is 4. The SMILES string of the molecule is CC1=C(C(=O)Nc2ccc(C)cc2C)[C@H](c2ccc(C(C)C)cc2)n2ncnc2N1. The number of amides is 1. The maximum absolute atomic E-state index is 13.4. The minimum Gasteiger partial charge on any atom is -0.328 e. The molecule has 1 aliphatic rings. The van der Waals surface area contributed by atoms with Crippen LogP contribution in [0.25, 0.3) is 0 Å². The Kier molecular flexibility index (Phi) is 5.16. The van der Waals surface area contributed by atoms with E-state index in [4.69, 9.17) is 0 Å². The number of allylic oxidation sites excluding steroid dienone is 1. The van der Waals surface area contributed by atoms with Gasteiger partial charge in [-0.2, -0.15) is 10.1 Å². The predicted molar refractivity (Wildman–Crippen MR) is 120 cm³/mol. The molecule has 2 heterocycles. The van der Waals surface area contributed by atoms with Gasteiger partial charge in [0.1, 0.15) is 12.4 Å². The quantitative estimate of drug-likeness (QED) is 0.649. The van der Waals surface area contributed by atoms with Crippen LogP contribution < -0.4 is 10.6 Å². The van der Waals surface area contributed by atoms with Crippen molar-refractivity contribution >= 4 is 17.5 Å². The zero-order valence-corrected chi connectivity index (χ0v) is 18.0. The second-order valence-corrected chi connectivity index (χ2v) is 8.19. The van der Waals surface area contributed by atoms with Gasteiger partial charge in [0.15, 0.2) is 0 Å². The Labute approximate surface area is 177 Å². The molecule has 0 fully saturated rings. The fourth-order valence-corrected chi connectivity index (χ4v) is 3.90. The van der Waals surface area contributed by atoms with Gasteiger partial charge in [-0.05, 0) is 49.4 Å². The number of carbonyl (C=O) groups excluding carboxylic acids is 1. The van der Waals surface area contributed by atoms with Crippen molar-refractivity contribution in [3.05, 3.63) is 82.3 Å². The fraction of sp³-hybridized carbons (Fsp3) is 0.292. The van der Waals surface area contributed by atoms with Crippen LogP contribution in [0.1, 0.15) is 55.0 Å². The van der Waals surface area contributed by atoms with Gasteiger partial charge >= 0.3 is 0 Å². The minimum atomic E-state index is -0.351. The van der Waals surface area contributed by atoms with Crippen molar-refractivity contribution in [2.75, 3.05) is 10.6 Å². The number of hydrogen-bond donors (Lipinski definition) is 2. The average molecular weight is 402 g/mol. The third-order valence-electron chi connectivity index (χ3n) is 5.59. The van der Waals surface area contributed by atoms with Crippen molar-refractivity contribution in [1.82, 2.24) is 14.8 Å². The molecule has 0 aliphatic carbocycles. The summed E-state index contributed by atoms with van der Waals surface area (Å²) < 4.78 is 1.77. The van der Waals surface area contributed by atoms with Crippen molar-refractivity contribution in [2.24, 2.45) is 0 Å². The minimum absolute atomic E-state index is 0.147. The molecule has 0 radical (unpaired) electrons. The first-order valence-corrected chi connectivity index (χ1v) is 10.2.